The molecular weight excluding hydrogens is 290 g/mol. The third-order valence-electron chi connectivity index (χ3n) is 4.53. The summed E-state index contributed by atoms with van der Waals surface area (Å²) in [7, 11) is 1.88. The molecule has 0 bridgehead atoms. The molecule has 1 saturated heterocycles. The summed E-state index contributed by atoms with van der Waals surface area (Å²) in [6.45, 7) is 4.63. The van der Waals surface area contributed by atoms with Crippen molar-refractivity contribution in [3.8, 4) is 0 Å². The first kappa shape index (κ1) is 15.5. The number of aromatic nitrogens is 3. The Hall–Kier alpha value is -2.37. The van der Waals surface area contributed by atoms with Gasteiger partial charge in [0.05, 0.1) is 28.8 Å². The number of urea groups is 1. The molecule has 2 aromatic rings. The highest BCUT2D eigenvalue weighted by Gasteiger charge is 2.29. The molecule has 0 unspecified atom stereocenters. The number of nitrogens with zero attached hydrogens (tertiary/aromatic N) is 4. The van der Waals surface area contributed by atoms with Crippen LogP contribution >= 0.6 is 0 Å². The van der Waals surface area contributed by atoms with E-state index in [9.17, 15) is 4.79 Å². The first-order valence-electron chi connectivity index (χ1n) is 8.06. The van der Waals surface area contributed by atoms with E-state index in [1.54, 1.807) is 10.9 Å². The Balaban J connectivity index is 1.82. The summed E-state index contributed by atoms with van der Waals surface area (Å²) < 4.78 is 1.79. The van der Waals surface area contributed by atoms with Crippen molar-refractivity contribution in [1.82, 2.24) is 19.7 Å². The number of hydrogen-bond acceptors (Lipinski definition) is 3. The molecule has 2 amide bonds. The number of nitrogens with one attached hydrogen (secondary N) is 1. The summed E-state index contributed by atoms with van der Waals surface area (Å²) in [5.41, 5.74) is 3.57. The minimum Gasteiger partial charge on any atom is -0.316 e. The van der Waals surface area contributed by atoms with Crippen LogP contribution in [0.4, 0.5) is 10.5 Å². The van der Waals surface area contributed by atoms with E-state index in [1.165, 1.54) is 0 Å². The van der Waals surface area contributed by atoms with E-state index in [0.717, 1.165) is 48.6 Å². The summed E-state index contributed by atoms with van der Waals surface area (Å²) in [5, 5.41) is 7.40. The molecule has 23 heavy (non-hydrogen) atoms. The second-order valence-corrected chi connectivity index (χ2v) is 6.06. The second-order valence-electron chi connectivity index (χ2n) is 6.06. The fourth-order valence-corrected chi connectivity index (χ4v) is 3.19. The van der Waals surface area contributed by atoms with Gasteiger partial charge in [0.15, 0.2) is 0 Å². The molecule has 1 fully saturated rings. The molecular formula is C17H23N5O. The Bertz CT molecular complexity index is 695. The number of pyridine rings is 1. The van der Waals surface area contributed by atoms with Gasteiger partial charge in [-0.15, -0.1) is 0 Å². The van der Waals surface area contributed by atoms with Crippen LogP contribution in [0, 0.1) is 13.8 Å². The van der Waals surface area contributed by atoms with Crippen LogP contribution in [0.25, 0.3) is 0 Å². The van der Waals surface area contributed by atoms with Crippen LogP contribution in [0.2, 0.25) is 0 Å². The number of aryl methyl sites for hydroxylation is 2. The molecule has 2 aromatic heterocycles. The van der Waals surface area contributed by atoms with Crippen molar-refractivity contribution in [2.75, 3.05) is 11.9 Å². The van der Waals surface area contributed by atoms with Gasteiger partial charge >= 0.3 is 6.03 Å². The quantitative estimate of drug-likeness (QED) is 0.926. The fraction of sp³-hybridized carbons (Fsp3) is 0.471. The van der Waals surface area contributed by atoms with Gasteiger partial charge in [-0.25, -0.2) is 4.79 Å². The molecule has 1 N–H and O–H groups in total. The van der Waals surface area contributed by atoms with Gasteiger partial charge in [-0.2, -0.15) is 5.10 Å². The fourth-order valence-electron chi connectivity index (χ4n) is 3.19. The van der Waals surface area contributed by atoms with Crippen LogP contribution in [0.5, 0.6) is 0 Å². The number of amides is 2. The molecule has 1 atom stereocenters. The molecule has 0 aliphatic carbocycles. The zero-order valence-corrected chi connectivity index (χ0v) is 13.9. The summed E-state index contributed by atoms with van der Waals surface area (Å²) >= 11 is 0. The van der Waals surface area contributed by atoms with Crippen LogP contribution < -0.4 is 5.32 Å². The van der Waals surface area contributed by atoms with Crippen molar-refractivity contribution in [2.24, 2.45) is 7.05 Å². The number of carbonyl (C=O) groups excluding carboxylic acids is 1. The lowest BCUT2D eigenvalue weighted by Gasteiger charge is -2.35. The van der Waals surface area contributed by atoms with Crippen molar-refractivity contribution < 1.29 is 4.79 Å². The standard InChI is InChI=1S/C17H23N5O/c1-12-16(13(2)21(3)20-12)19-17(23)22-11-7-5-9-15(22)14-8-4-6-10-18-14/h4,6,8,10,15H,5,7,9,11H2,1-3H3,(H,19,23)/t15-/m1/s1. The van der Waals surface area contributed by atoms with E-state index in [-0.39, 0.29) is 12.1 Å². The first-order chi connectivity index (χ1) is 11.1. The van der Waals surface area contributed by atoms with Gasteiger partial charge in [-0.1, -0.05) is 6.07 Å². The Morgan fingerprint density at radius 1 is 1.30 bits per heavy atom. The van der Waals surface area contributed by atoms with Crippen LogP contribution in [-0.4, -0.2) is 32.2 Å². The van der Waals surface area contributed by atoms with E-state index < -0.39 is 0 Å². The molecule has 3 heterocycles. The highest BCUT2D eigenvalue weighted by Crippen LogP contribution is 2.30. The van der Waals surface area contributed by atoms with Crippen molar-refractivity contribution in [1.29, 1.82) is 0 Å². The molecule has 0 spiro atoms. The minimum absolute atomic E-state index is 0.0437. The molecule has 1 aliphatic heterocycles. The number of likely N-dealkylation sites (tertiary alicyclic amines) is 1. The lowest BCUT2D eigenvalue weighted by Crippen LogP contribution is -2.41. The number of hydrogen-bond donors (Lipinski definition) is 1. The Kier molecular flexibility index (Phi) is 4.32. The van der Waals surface area contributed by atoms with E-state index in [0.29, 0.717) is 0 Å². The maximum absolute atomic E-state index is 12.8. The number of carbonyl (C=O) groups is 1. The maximum atomic E-state index is 12.8. The summed E-state index contributed by atoms with van der Waals surface area (Å²) in [6.07, 6.45) is 4.89. The molecule has 0 aromatic carbocycles. The lowest BCUT2D eigenvalue weighted by atomic mass is 9.99. The maximum Gasteiger partial charge on any atom is 0.322 e. The largest absolute Gasteiger partial charge is 0.322 e. The van der Waals surface area contributed by atoms with Crippen LogP contribution in [-0.2, 0) is 7.05 Å². The van der Waals surface area contributed by atoms with Gasteiger partial charge in [0.1, 0.15) is 0 Å². The highest BCUT2D eigenvalue weighted by molar-refractivity contribution is 5.91. The second kappa shape index (κ2) is 6.40. The Labute approximate surface area is 136 Å². The van der Waals surface area contributed by atoms with Gasteiger partial charge in [0.25, 0.3) is 0 Å². The van der Waals surface area contributed by atoms with Gasteiger partial charge in [-0.05, 0) is 45.2 Å². The van der Waals surface area contributed by atoms with Crippen LogP contribution in [0.3, 0.4) is 0 Å². The molecule has 1 aliphatic rings. The van der Waals surface area contributed by atoms with Crippen molar-refractivity contribution in [2.45, 2.75) is 39.2 Å². The molecule has 0 saturated carbocycles. The zero-order chi connectivity index (χ0) is 16.4. The third-order valence-corrected chi connectivity index (χ3v) is 4.53. The minimum atomic E-state index is -0.0699. The van der Waals surface area contributed by atoms with Gasteiger partial charge in [0, 0.05) is 19.8 Å². The first-order valence-corrected chi connectivity index (χ1v) is 8.06. The van der Waals surface area contributed by atoms with Gasteiger partial charge in [-0.3, -0.25) is 9.67 Å². The summed E-state index contributed by atoms with van der Waals surface area (Å²) in [4.78, 5) is 19.2. The van der Waals surface area contributed by atoms with E-state index in [1.807, 2.05) is 44.0 Å². The average molecular weight is 313 g/mol. The summed E-state index contributed by atoms with van der Waals surface area (Å²) in [5.74, 6) is 0. The molecule has 122 valence electrons. The number of rotatable bonds is 2. The normalized spacial score (nSPS) is 18.0. The monoisotopic (exact) mass is 313 g/mol. The average Bonchev–Trinajstić information content (AvgIpc) is 2.82. The predicted octanol–water partition coefficient (Wildman–Crippen LogP) is 3.19. The molecule has 6 nitrogen and oxygen atoms in total. The van der Waals surface area contributed by atoms with E-state index in [4.69, 9.17) is 0 Å². The number of piperidine rings is 1. The topological polar surface area (TPSA) is 63.1 Å². The zero-order valence-electron chi connectivity index (χ0n) is 13.9. The molecule has 3 rings (SSSR count). The number of anilines is 1. The molecule has 6 heteroatoms. The van der Waals surface area contributed by atoms with Gasteiger partial charge in [0.2, 0.25) is 0 Å². The van der Waals surface area contributed by atoms with Crippen molar-refractivity contribution in [3.05, 3.63) is 41.5 Å². The van der Waals surface area contributed by atoms with Crippen molar-refractivity contribution >= 4 is 11.7 Å². The lowest BCUT2D eigenvalue weighted by molar-refractivity contribution is 0.161. The SMILES string of the molecule is Cc1nn(C)c(C)c1NC(=O)N1CCCC[C@@H]1c1ccccn1. The van der Waals surface area contributed by atoms with Crippen molar-refractivity contribution in [3.63, 3.8) is 0 Å². The van der Waals surface area contributed by atoms with E-state index >= 15 is 0 Å². The van der Waals surface area contributed by atoms with Crippen LogP contribution in [0.1, 0.15) is 42.4 Å². The third kappa shape index (κ3) is 3.06. The Morgan fingerprint density at radius 2 is 2.13 bits per heavy atom. The summed E-state index contributed by atoms with van der Waals surface area (Å²) in [6, 6.07) is 5.85. The predicted molar refractivity (Wildman–Crippen MR) is 89.2 cm³/mol. The highest BCUT2D eigenvalue weighted by atomic mass is 16.2. The molecule has 0 radical (unpaired) electrons. The Morgan fingerprint density at radius 3 is 2.78 bits per heavy atom. The smallest absolute Gasteiger partial charge is 0.316 e. The van der Waals surface area contributed by atoms with E-state index in [2.05, 4.69) is 15.4 Å². The van der Waals surface area contributed by atoms with Crippen LogP contribution in [0.15, 0.2) is 24.4 Å². The van der Waals surface area contributed by atoms with Gasteiger partial charge < -0.3 is 10.2 Å².